The van der Waals surface area contributed by atoms with Crippen molar-refractivity contribution in [3.05, 3.63) is 70.9 Å². The molecule has 0 fully saturated rings. The highest BCUT2D eigenvalue weighted by Crippen LogP contribution is 2.30. The van der Waals surface area contributed by atoms with Gasteiger partial charge < -0.3 is 0 Å². The van der Waals surface area contributed by atoms with Gasteiger partial charge in [-0.1, -0.05) is 55.5 Å². The Bertz CT molecular complexity index is 677. The fourth-order valence-electron chi connectivity index (χ4n) is 3.58. The van der Waals surface area contributed by atoms with Crippen LogP contribution in [-0.2, 0) is 0 Å². The van der Waals surface area contributed by atoms with Crippen LogP contribution in [0, 0.1) is 17.2 Å². The van der Waals surface area contributed by atoms with Gasteiger partial charge in [0.1, 0.15) is 0 Å². The molecule has 0 radical (unpaired) electrons. The molecule has 3 aliphatic rings. The molecule has 1 unspecified atom stereocenters. The first-order chi connectivity index (χ1) is 11.3. The van der Waals surface area contributed by atoms with E-state index in [1.54, 1.807) is 5.57 Å². The normalized spacial score (nSPS) is 24.4. The third-order valence-corrected chi connectivity index (χ3v) is 4.83. The van der Waals surface area contributed by atoms with Gasteiger partial charge in [0, 0.05) is 19.6 Å². The Morgan fingerprint density at radius 1 is 1.30 bits per heavy atom. The zero-order chi connectivity index (χ0) is 16.1. The van der Waals surface area contributed by atoms with Crippen LogP contribution in [0.2, 0.25) is 0 Å². The third-order valence-electron chi connectivity index (χ3n) is 4.83. The van der Waals surface area contributed by atoms with E-state index < -0.39 is 0 Å². The molecule has 1 atom stereocenters. The monoisotopic (exact) mass is 304 g/mol. The summed E-state index contributed by atoms with van der Waals surface area (Å²) in [5, 5.41) is 9.39. The Hall–Kier alpha value is -2.11. The molecule has 1 aliphatic heterocycles. The quantitative estimate of drug-likeness (QED) is 0.769. The fourth-order valence-corrected chi connectivity index (χ4v) is 3.58. The average molecular weight is 304 g/mol. The lowest BCUT2D eigenvalue weighted by Gasteiger charge is -2.31. The van der Waals surface area contributed by atoms with Gasteiger partial charge in [0.15, 0.2) is 0 Å². The number of hydrogen-bond donors (Lipinski definition) is 0. The summed E-state index contributed by atoms with van der Waals surface area (Å²) in [5.41, 5.74) is 5.75. The highest BCUT2D eigenvalue weighted by molar-refractivity contribution is 5.45. The van der Waals surface area contributed by atoms with Crippen LogP contribution in [-0.4, -0.2) is 24.5 Å². The summed E-state index contributed by atoms with van der Waals surface area (Å²) in [6.45, 7) is 5.20. The minimum absolute atomic E-state index is 0.101. The van der Waals surface area contributed by atoms with Crippen molar-refractivity contribution in [2.75, 3.05) is 19.6 Å². The van der Waals surface area contributed by atoms with E-state index in [-0.39, 0.29) is 5.92 Å². The van der Waals surface area contributed by atoms with Crippen molar-refractivity contribution in [3.63, 3.8) is 0 Å². The number of allylic oxidation sites excluding steroid dienone is 8. The number of nitrogens with zero attached hydrogens (tertiary/aromatic N) is 2. The Morgan fingerprint density at radius 2 is 2.22 bits per heavy atom. The fraction of sp³-hybridized carbons (Fsp3) is 0.381. The highest BCUT2D eigenvalue weighted by Gasteiger charge is 2.22. The maximum atomic E-state index is 9.39. The van der Waals surface area contributed by atoms with Crippen molar-refractivity contribution >= 4 is 0 Å². The molecule has 2 aliphatic carbocycles. The Morgan fingerprint density at radius 3 is 3.04 bits per heavy atom. The molecule has 0 N–H and O–H groups in total. The lowest BCUT2D eigenvalue weighted by atomic mass is 9.91. The number of hydrogen-bond acceptors (Lipinski definition) is 2. The first-order valence-electron chi connectivity index (χ1n) is 8.55. The maximum absolute atomic E-state index is 9.39. The van der Waals surface area contributed by atoms with Gasteiger partial charge in [0.25, 0.3) is 0 Å². The van der Waals surface area contributed by atoms with Gasteiger partial charge in [0.05, 0.1) is 12.0 Å². The van der Waals surface area contributed by atoms with Crippen molar-refractivity contribution < 1.29 is 0 Å². The molecule has 0 aromatic rings. The van der Waals surface area contributed by atoms with E-state index in [4.69, 9.17) is 0 Å². The van der Waals surface area contributed by atoms with E-state index in [0.29, 0.717) is 0 Å². The standard InChI is InChI=1S/C21H24N2/c1-2-17-8-6-7-11-20-16-23(13-12-21(17)20)15-19-10-5-3-4-9-18(19)14-22/h3-5,7-11,18H,2,6,12-13,15-16H2,1H3. The van der Waals surface area contributed by atoms with Crippen LogP contribution < -0.4 is 0 Å². The minimum Gasteiger partial charge on any atom is -0.295 e. The number of nitriles is 1. The van der Waals surface area contributed by atoms with E-state index in [1.165, 1.54) is 16.7 Å². The van der Waals surface area contributed by atoms with Gasteiger partial charge in [-0.3, -0.25) is 4.90 Å². The molecule has 0 amide bonds. The summed E-state index contributed by atoms with van der Waals surface area (Å²) < 4.78 is 0. The molecule has 0 aromatic heterocycles. The molecule has 0 saturated heterocycles. The van der Waals surface area contributed by atoms with Crippen molar-refractivity contribution in [2.24, 2.45) is 5.92 Å². The van der Waals surface area contributed by atoms with Gasteiger partial charge in [-0.05, 0) is 41.6 Å². The predicted molar refractivity (Wildman–Crippen MR) is 95.7 cm³/mol. The van der Waals surface area contributed by atoms with Crippen LogP contribution in [0.4, 0.5) is 0 Å². The molecule has 1 heterocycles. The van der Waals surface area contributed by atoms with Crippen molar-refractivity contribution in [3.8, 4) is 6.07 Å². The van der Waals surface area contributed by atoms with Gasteiger partial charge in [-0.15, -0.1) is 0 Å². The van der Waals surface area contributed by atoms with Crippen LogP contribution in [0.3, 0.4) is 0 Å². The molecule has 0 saturated carbocycles. The molecule has 0 bridgehead atoms. The largest absolute Gasteiger partial charge is 0.295 e. The summed E-state index contributed by atoms with van der Waals surface area (Å²) in [7, 11) is 0. The Balaban J connectivity index is 1.75. The van der Waals surface area contributed by atoms with E-state index in [2.05, 4.69) is 42.2 Å². The summed E-state index contributed by atoms with van der Waals surface area (Å²) in [5.74, 6) is -0.101. The lowest BCUT2D eigenvalue weighted by molar-refractivity contribution is 0.308. The van der Waals surface area contributed by atoms with Crippen LogP contribution in [0.25, 0.3) is 0 Å². The second kappa shape index (κ2) is 7.44. The van der Waals surface area contributed by atoms with Crippen molar-refractivity contribution in [1.29, 1.82) is 5.26 Å². The van der Waals surface area contributed by atoms with Gasteiger partial charge in [-0.25, -0.2) is 0 Å². The van der Waals surface area contributed by atoms with Crippen molar-refractivity contribution in [1.82, 2.24) is 4.90 Å². The van der Waals surface area contributed by atoms with E-state index in [9.17, 15) is 5.26 Å². The molecule has 0 spiro atoms. The highest BCUT2D eigenvalue weighted by atomic mass is 15.1. The Labute approximate surface area is 139 Å². The molecule has 23 heavy (non-hydrogen) atoms. The molecule has 2 heteroatoms. The summed E-state index contributed by atoms with van der Waals surface area (Å²) >= 11 is 0. The molecule has 2 nitrogen and oxygen atoms in total. The van der Waals surface area contributed by atoms with E-state index in [0.717, 1.165) is 38.9 Å². The predicted octanol–water partition coefficient (Wildman–Crippen LogP) is 4.48. The molecule has 0 aromatic carbocycles. The third kappa shape index (κ3) is 3.63. The van der Waals surface area contributed by atoms with Gasteiger partial charge in [0.2, 0.25) is 0 Å². The van der Waals surface area contributed by atoms with E-state index in [1.807, 2.05) is 24.3 Å². The number of rotatable bonds is 3. The first-order valence-corrected chi connectivity index (χ1v) is 8.55. The second-order valence-corrected chi connectivity index (χ2v) is 6.30. The van der Waals surface area contributed by atoms with Crippen LogP contribution in [0.1, 0.15) is 26.2 Å². The molecular weight excluding hydrogens is 280 g/mol. The zero-order valence-electron chi connectivity index (χ0n) is 13.8. The van der Waals surface area contributed by atoms with Gasteiger partial charge >= 0.3 is 0 Å². The summed E-state index contributed by atoms with van der Waals surface area (Å²) in [6.07, 6.45) is 20.4. The first kappa shape index (κ1) is 15.8. The smallest absolute Gasteiger partial charge is 0.0872 e. The lowest BCUT2D eigenvalue weighted by Crippen LogP contribution is -2.34. The molecule has 3 rings (SSSR count). The zero-order valence-corrected chi connectivity index (χ0v) is 13.8. The topological polar surface area (TPSA) is 27.0 Å². The molecular formula is C21H24N2. The second-order valence-electron chi connectivity index (χ2n) is 6.30. The summed E-state index contributed by atoms with van der Waals surface area (Å²) in [4.78, 5) is 2.48. The van der Waals surface area contributed by atoms with Crippen LogP contribution in [0.15, 0.2) is 70.9 Å². The van der Waals surface area contributed by atoms with Crippen LogP contribution >= 0.6 is 0 Å². The van der Waals surface area contributed by atoms with Crippen LogP contribution in [0.5, 0.6) is 0 Å². The van der Waals surface area contributed by atoms with Crippen molar-refractivity contribution in [2.45, 2.75) is 26.2 Å². The minimum atomic E-state index is -0.101. The maximum Gasteiger partial charge on any atom is 0.0872 e. The van der Waals surface area contributed by atoms with E-state index >= 15 is 0 Å². The summed E-state index contributed by atoms with van der Waals surface area (Å²) in [6, 6.07) is 2.41. The SMILES string of the molecule is CCC1=CCC=CC2=C1CCN(CC1=CC=CC=CC1C#N)C2. The Kier molecular flexibility index (Phi) is 5.10. The van der Waals surface area contributed by atoms with Gasteiger partial charge in [-0.2, -0.15) is 5.26 Å². The molecule has 118 valence electrons. The average Bonchev–Trinajstić information content (AvgIpc) is 2.92.